The molecule has 1 aliphatic rings. The molecule has 2 unspecified atom stereocenters. The molecule has 0 aromatic heterocycles. The van der Waals surface area contributed by atoms with Crippen molar-refractivity contribution in [1.82, 2.24) is 0 Å². The zero-order valence-electron chi connectivity index (χ0n) is 10.2. The minimum Gasteiger partial charge on any atom is -0.481 e. The second-order valence-electron chi connectivity index (χ2n) is 4.61. The van der Waals surface area contributed by atoms with Gasteiger partial charge in [0.05, 0.1) is 0 Å². The largest absolute Gasteiger partial charge is 0.481 e. The molecule has 0 amide bonds. The van der Waals surface area contributed by atoms with Crippen molar-refractivity contribution in [2.24, 2.45) is 11.1 Å². The van der Waals surface area contributed by atoms with Crippen molar-refractivity contribution in [3.05, 3.63) is 23.8 Å². The van der Waals surface area contributed by atoms with Crippen molar-refractivity contribution in [3.63, 3.8) is 0 Å². The van der Waals surface area contributed by atoms with Crippen LogP contribution in [0.3, 0.4) is 0 Å². The zero-order valence-corrected chi connectivity index (χ0v) is 11.8. The van der Waals surface area contributed by atoms with E-state index in [2.05, 4.69) is 0 Å². The quantitative estimate of drug-likeness (QED) is 0.709. The highest BCUT2D eigenvalue weighted by Crippen LogP contribution is 2.38. The molecule has 0 radical (unpaired) electrons. The molecule has 0 aromatic rings. The van der Waals surface area contributed by atoms with Gasteiger partial charge in [-0.3, -0.25) is 4.79 Å². The Labute approximate surface area is 118 Å². The van der Waals surface area contributed by atoms with Gasteiger partial charge in [-0.2, -0.15) is 0 Å². The first kappa shape index (κ1) is 15.5. The minimum absolute atomic E-state index is 0.105. The molecule has 102 valence electrons. The number of carboxylic acid groups (broad SMARTS) is 1. The fourth-order valence-corrected chi connectivity index (χ4v) is 2.82. The van der Waals surface area contributed by atoms with Crippen LogP contribution in [-0.4, -0.2) is 28.9 Å². The Balaban J connectivity index is 2.80. The summed E-state index contributed by atoms with van der Waals surface area (Å²) in [5.41, 5.74) is 6.96. The first-order valence-electron chi connectivity index (χ1n) is 6.03. The molecule has 18 heavy (non-hydrogen) atoms. The highest BCUT2D eigenvalue weighted by atomic mass is 35.5. The number of hydrogen-bond acceptors (Lipinski definition) is 2. The first-order chi connectivity index (χ1) is 8.54. The van der Waals surface area contributed by atoms with Crippen LogP contribution in [0.1, 0.15) is 25.7 Å². The molecule has 2 atom stereocenters. The molecule has 3 nitrogen and oxygen atoms in total. The molecule has 1 aliphatic carbocycles. The summed E-state index contributed by atoms with van der Waals surface area (Å²) in [6.45, 7) is 0. The second kappa shape index (κ2) is 7.17. The van der Waals surface area contributed by atoms with E-state index in [1.54, 1.807) is 0 Å². The summed E-state index contributed by atoms with van der Waals surface area (Å²) in [6, 6.07) is -0.196. The number of aliphatic carboxylic acids is 1. The normalized spacial score (nSPS) is 27.1. The molecule has 0 aliphatic heterocycles. The third kappa shape index (κ3) is 4.01. The van der Waals surface area contributed by atoms with Crippen molar-refractivity contribution in [3.8, 4) is 0 Å². The number of nitrogens with two attached hydrogens (primary N) is 1. The molecule has 0 spiro atoms. The maximum atomic E-state index is 10.7. The van der Waals surface area contributed by atoms with E-state index in [-0.39, 0.29) is 17.9 Å². The molecule has 1 rings (SSSR count). The van der Waals surface area contributed by atoms with Crippen LogP contribution in [0.5, 0.6) is 0 Å². The van der Waals surface area contributed by atoms with Crippen LogP contribution in [0.4, 0.5) is 0 Å². The molecule has 0 heterocycles. The van der Waals surface area contributed by atoms with E-state index in [1.165, 1.54) is 0 Å². The molecule has 5 heteroatoms. The van der Waals surface area contributed by atoms with E-state index in [1.807, 2.05) is 18.2 Å². The third-order valence-corrected chi connectivity index (χ3v) is 3.81. The molecular weight excluding hydrogens is 273 g/mol. The van der Waals surface area contributed by atoms with E-state index in [9.17, 15) is 4.79 Å². The van der Waals surface area contributed by atoms with Crippen LogP contribution < -0.4 is 5.73 Å². The number of carbonyl (C=O) groups is 1. The lowest BCUT2D eigenvalue weighted by Crippen LogP contribution is -2.41. The van der Waals surface area contributed by atoms with Crippen LogP contribution >= 0.6 is 23.2 Å². The molecule has 3 N–H and O–H groups in total. The summed E-state index contributed by atoms with van der Waals surface area (Å²) in [5.74, 6) is 0.219. The predicted octanol–water partition coefficient (Wildman–Crippen LogP) is 2.92. The van der Waals surface area contributed by atoms with Gasteiger partial charge in [-0.05, 0) is 24.8 Å². The number of halogens is 2. The third-order valence-electron chi connectivity index (χ3n) is 3.43. The summed E-state index contributed by atoms with van der Waals surface area (Å²) in [5, 5.41) is 8.82. The monoisotopic (exact) mass is 291 g/mol. The minimum atomic E-state index is -0.805. The van der Waals surface area contributed by atoms with E-state index in [0.29, 0.717) is 24.6 Å². The lowest BCUT2D eigenvalue weighted by molar-refractivity contribution is -0.137. The van der Waals surface area contributed by atoms with Gasteiger partial charge >= 0.3 is 5.97 Å². The SMILES string of the molecule is NC1C=C(CCCl)C=CC1(CCCl)CCC(=O)O. The highest BCUT2D eigenvalue weighted by molar-refractivity contribution is 6.18. The van der Waals surface area contributed by atoms with Gasteiger partial charge in [0.1, 0.15) is 0 Å². The van der Waals surface area contributed by atoms with Gasteiger partial charge in [0, 0.05) is 29.6 Å². The zero-order chi connectivity index (χ0) is 13.6. The average molecular weight is 292 g/mol. The smallest absolute Gasteiger partial charge is 0.303 e. The van der Waals surface area contributed by atoms with Crippen LogP contribution in [0.2, 0.25) is 0 Å². The standard InChI is InChI=1S/C13H19Cl2NO2/c14-7-3-10-1-4-13(6-8-15,11(16)9-10)5-2-12(17)18/h1,4,9,11H,2-3,5-8,16H2,(H,17,18). The maximum absolute atomic E-state index is 10.7. The first-order valence-corrected chi connectivity index (χ1v) is 7.10. The summed E-state index contributed by atoms with van der Waals surface area (Å²) in [7, 11) is 0. The highest BCUT2D eigenvalue weighted by Gasteiger charge is 2.34. The summed E-state index contributed by atoms with van der Waals surface area (Å²) in [6.07, 6.45) is 8.08. The topological polar surface area (TPSA) is 63.3 Å². The Hall–Kier alpha value is -0.510. The fourth-order valence-electron chi connectivity index (χ4n) is 2.25. The van der Waals surface area contributed by atoms with Gasteiger partial charge in [0.25, 0.3) is 0 Å². The van der Waals surface area contributed by atoms with Gasteiger partial charge in [0.2, 0.25) is 0 Å². The summed E-state index contributed by atoms with van der Waals surface area (Å²) in [4.78, 5) is 10.7. The van der Waals surface area contributed by atoms with Crippen LogP contribution in [0, 0.1) is 5.41 Å². The Kier molecular flexibility index (Phi) is 6.19. The molecule has 0 bridgehead atoms. The van der Waals surface area contributed by atoms with Crippen LogP contribution in [0.25, 0.3) is 0 Å². The Bertz CT molecular complexity index is 355. The number of rotatable bonds is 7. The Morgan fingerprint density at radius 2 is 2.11 bits per heavy atom. The second-order valence-corrected chi connectivity index (χ2v) is 5.36. The Morgan fingerprint density at radius 3 is 2.61 bits per heavy atom. The van der Waals surface area contributed by atoms with E-state index >= 15 is 0 Å². The van der Waals surface area contributed by atoms with Gasteiger partial charge in [-0.15, -0.1) is 23.2 Å². The lowest BCUT2D eigenvalue weighted by atomic mass is 9.71. The molecule has 0 aromatic carbocycles. The van der Waals surface area contributed by atoms with Crippen molar-refractivity contribution in [2.45, 2.75) is 31.7 Å². The number of carboxylic acids is 1. The lowest BCUT2D eigenvalue weighted by Gasteiger charge is -2.37. The Morgan fingerprint density at radius 1 is 1.39 bits per heavy atom. The van der Waals surface area contributed by atoms with Crippen molar-refractivity contribution in [1.29, 1.82) is 0 Å². The number of hydrogen-bond donors (Lipinski definition) is 2. The van der Waals surface area contributed by atoms with Crippen molar-refractivity contribution in [2.75, 3.05) is 11.8 Å². The van der Waals surface area contributed by atoms with E-state index in [4.69, 9.17) is 34.0 Å². The number of alkyl halides is 2. The van der Waals surface area contributed by atoms with Gasteiger partial charge < -0.3 is 10.8 Å². The molecule has 0 saturated heterocycles. The predicted molar refractivity (Wildman–Crippen MR) is 75.2 cm³/mol. The van der Waals surface area contributed by atoms with Gasteiger partial charge in [-0.1, -0.05) is 18.2 Å². The molecule has 0 fully saturated rings. The van der Waals surface area contributed by atoms with Crippen LogP contribution in [0.15, 0.2) is 23.8 Å². The fraction of sp³-hybridized carbons (Fsp3) is 0.615. The van der Waals surface area contributed by atoms with Crippen molar-refractivity contribution >= 4 is 29.2 Å². The van der Waals surface area contributed by atoms with Gasteiger partial charge in [0.15, 0.2) is 0 Å². The summed E-state index contributed by atoms with van der Waals surface area (Å²) < 4.78 is 0. The maximum Gasteiger partial charge on any atom is 0.303 e. The summed E-state index contributed by atoms with van der Waals surface area (Å²) >= 11 is 11.5. The van der Waals surface area contributed by atoms with Crippen molar-refractivity contribution < 1.29 is 9.90 Å². The van der Waals surface area contributed by atoms with Gasteiger partial charge in [-0.25, -0.2) is 0 Å². The molecular formula is C13H19Cl2NO2. The molecule has 0 saturated carbocycles. The van der Waals surface area contributed by atoms with E-state index in [0.717, 1.165) is 12.0 Å². The van der Waals surface area contributed by atoms with Crippen LogP contribution in [-0.2, 0) is 4.79 Å². The average Bonchev–Trinajstić information content (AvgIpc) is 2.31. The number of allylic oxidation sites excluding steroid dienone is 2. The van der Waals surface area contributed by atoms with E-state index < -0.39 is 5.97 Å².